The molecule has 5 rings (SSSR count). The number of fused-ring (bicyclic) bond motifs is 3. The first-order valence-electron chi connectivity index (χ1n) is 12.9. The van der Waals surface area contributed by atoms with E-state index in [0.29, 0.717) is 18.7 Å². The van der Waals surface area contributed by atoms with Crippen LogP contribution >= 0.6 is 0 Å². The molecule has 0 spiro atoms. The highest BCUT2D eigenvalue weighted by atomic mass is 16.4. The van der Waals surface area contributed by atoms with E-state index in [1.807, 2.05) is 41.3 Å². The number of carboxylic acid groups (broad SMARTS) is 1. The Morgan fingerprint density at radius 1 is 1.03 bits per heavy atom. The summed E-state index contributed by atoms with van der Waals surface area (Å²) in [7, 11) is 1.58. The molecular weight excluding hydrogens is 456 g/mol. The molecule has 3 amide bonds. The van der Waals surface area contributed by atoms with Crippen LogP contribution in [0.15, 0.2) is 54.6 Å². The Kier molecular flexibility index (Phi) is 6.85. The van der Waals surface area contributed by atoms with Crippen LogP contribution in [0, 0.1) is 11.8 Å². The third-order valence-corrected chi connectivity index (χ3v) is 8.10. The van der Waals surface area contributed by atoms with Gasteiger partial charge in [-0.25, -0.2) is 4.79 Å². The van der Waals surface area contributed by atoms with Crippen molar-refractivity contribution in [2.24, 2.45) is 11.8 Å². The van der Waals surface area contributed by atoms with Crippen LogP contribution in [0.2, 0.25) is 0 Å². The minimum Gasteiger partial charge on any atom is -0.465 e. The minimum absolute atomic E-state index is 0.0799. The third kappa shape index (κ3) is 4.64. The highest BCUT2D eigenvalue weighted by Crippen LogP contribution is 2.47. The lowest BCUT2D eigenvalue weighted by Crippen LogP contribution is -2.51. The summed E-state index contributed by atoms with van der Waals surface area (Å²) >= 11 is 0. The Morgan fingerprint density at radius 2 is 1.75 bits per heavy atom. The average Bonchev–Trinajstić information content (AvgIpc) is 3.35. The summed E-state index contributed by atoms with van der Waals surface area (Å²) in [6.45, 7) is 0.985. The Balaban J connectivity index is 1.38. The smallest absolute Gasteiger partial charge is 0.407 e. The number of carbonyl (C=O) groups excluding carboxylic acids is 2. The zero-order valence-electron chi connectivity index (χ0n) is 20.6. The lowest BCUT2D eigenvalue weighted by Gasteiger charge is -2.42. The normalized spacial score (nSPS) is 26.8. The number of carbonyl (C=O) groups is 3. The number of para-hydroxylation sites is 1. The van der Waals surface area contributed by atoms with Crippen LogP contribution in [0.3, 0.4) is 0 Å². The summed E-state index contributed by atoms with van der Waals surface area (Å²) in [5.41, 5.74) is 2.65. The van der Waals surface area contributed by atoms with E-state index in [9.17, 15) is 19.5 Å². The monoisotopic (exact) mass is 490 g/mol. The predicted octanol–water partition coefficient (Wildman–Crippen LogP) is 3.97. The Hall–Kier alpha value is -3.55. The van der Waals surface area contributed by atoms with Gasteiger partial charge in [-0.15, -0.1) is 0 Å². The predicted molar refractivity (Wildman–Crippen MR) is 137 cm³/mol. The molecule has 2 aromatic carbocycles. The molecule has 1 saturated heterocycles. The summed E-state index contributed by atoms with van der Waals surface area (Å²) in [4.78, 5) is 41.8. The van der Waals surface area contributed by atoms with E-state index in [0.717, 1.165) is 43.4 Å². The number of hydrogen-bond donors (Lipinski definition) is 3. The van der Waals surface area contributed by atoms with Crippen LogP contribution < -0.4 is 10.6 Å². The molecule has 1 saturated carbocycles. The van der Waals surface area contributed by atoms with Gasteiger partial charge in [0, 0.05) is 49.4 Å². The quantitative estimate of drug-likeness (QED) is 0.589. The first-order chi connectivity index (χ1) is 17.4. The highest BCUT2D eigenvalue weighted by Gasteiger charge is 2.48. The largest absolute Gasteiger partial charge is 0.465 e. The number of nitrogens with zero attached hydrogens (tertiary/aromatic N) is 2. The lowest BCUT2D eigenvalue weighted by atomic mass is 9.80. The van der Waals surface area contributed by atoms with Gasteiger partial charge < -0.3 is 25.5 Å². The van der Waals surface area contributed by atoms with E-state index in [1.165, 1.54) is 4.90 Å². The van der Waals surface area contributed by atoms with Crippen LogP contribution in [0.5, 0.6) is 0 Å². The van der Waals surface area contributed by atoms with Crippen molar-refractivity contribution in [2.45, 2.75) is 50.2 Å². The van der Waals surface area contributed by atoms with E-state index in [2.05, 4.69) is 16.7 Å². The fourth-order valence-electron chi connectivity index (χ4n) is 6.28. The molecule has 0 aromatic heterocycles. The van der Waals surface area contributed by atoms with Crippen molar-refractivity contribution < 1.29 is 19.5 Å². The summed E-state index contributed by atoms with van der Waals surface area (Å²) < 4.78 is 0. The standard InChI is InChI=1S/C28H34N4O4/c1-31(28(35)36)17-24-20-15-16-32(25(20)19-11-5-7-13-22(19)29-24)27(34)21-12-6-8-14-23(21)30-26(33)18-9-3-2-4-10-18/h2-5,7,9-11,13,20-21,23-25,29H,6,8,12,14-17H2,1H3,(H,30,33)(H,35,36)/t20-,21+,23-,24+,25+/m1/s1. The first-order valence-corrected chi connectivity index (χ1v) is 12.9. The van der Waals surface area contributed by atoms with E-state index in [-0.39, 0.29) is 41.8 Å². The molecule has 1 aliphatic carbocycles. The number of nitrogens with one attached hydrogen (secondary N) is 2. The van der Waals surface area contributed by atoms with Gasteiger partial charge in [-0.1, -0.05) is 49.2 Å². The molecule has 190 valence electrons. The molecule has 2 aliphatic heterocycles. The molecule has 0 radical (unpaired) electrons. The number of likely N-dealkylation sites (tertiary alicyclic amines) is 1. The summed E-state index contributed by atoms with van der Waals surface area (Å²) in [6.07, 6.45) is 3.37. The number of rotatable bonds is 5. The van der Waals surface area contributed by atoms with E-state index >= 15 is 0 Å². The Bertz CT molecular complexity index is 1120. The molecular formula is C28H34N4O4. The summed E-state index contributed by atoms with van der Waals surface area (Å²) in [5.74, 6) is -0.176. The maximum Gasteiger partial charge on any atom is 0.407 e. The molecule has 3 aliphatic rings. The van der Waals surface area contributed by atoms with Crippen molar-refractivity contribution in [2.75, 3.05) is 25.5 Å². The molecule has 2 fully saturated rings. The topological polar surface area (TPSA) is 102 Å². The van der Waals surface area contributed by atoms with Gasteiger partial charge in [0.25, 0.3) is 5.91 Å². The number of hydrogen-bond acceptors (Lipinski definition) is 4. The van der Waals surface area contributed by atoms with Crippen LogP contribution in [0.1, 0.15) is 54.1 Å². The fourth-order valence-corrected chi connectivity index (χ4v) is 6.28. The van der Waals surface area contributed by atoms with E-state index < -0.39 is 6.09 Å². The van der Waals surface area contributed by atoms with Gasteiger partial charge in [-0.2, -0.15) is 0 Å². The molecule has 5 atom stereocenters. The highest BCUT2D eigenvalue weighted by molar-refractivity contribution is 5.95. The van der Waals surface area contributed by atoms with Crippen molar-refractivity contribution in [3.8, 4) is 0 Å². The average molecular weight is 491 g/mol. The van der Waals surface area contributed by atoms with Gasteiger partial charge in [0.15, 0.2) is 0 Å². The van der Waals surface area contributed by atoms with Gasteiger partial charge in [0.05, 0.1) is 12.0 Å². The molecule has 36 heavy (non-hydrogen) atoms. The molecule has 0 unspecified atom stereocenters. The van der Waals surface area contributed by atoms with Crippen molar-refractivity contribution in [3.05, 3.63) is 65.7 Å². The Labute approximate surface area is 211 Å². The van der Waals surface area contributed by atoms with E-state index in [4.69, 9.17) is 0 Å². The van der Waals surface area contributed by atoms with Crippen molar-refractivity contribution >= 4 is 23.6 Å². The van der Waals surface area contributed by atoms with Crippen molar-refractivity contribution in [3.63, 3.8) is 0 Å². The first kappa shape index (κ1) is 24.2. The number of likely N-dealkylation sites (N-methyl/N-ethyl adjacent to an activating group) is 1. The fraction of sp³-hybridized carbons (Fsp3) is 0.464. The zero-order valence-corrected chi connectivity index (χ0v) is 20.6. The maximum atomic E-state index is 14.1. The van der Waals surface area contributed by atoms with Crippen LogP contribution in [0.25, 0.3) is 0 Å². The van der Waals surface area contributed by atoms with Crippen molar-refractivity contribution in [1.82, 2.24) is 15.1 Å². The summed E-state index contributed by atoms with van der Waals surface area (Å²) in [6, 6.07) is 16.8. The second-order valence-electron chi connectivity index (χ2n) is 10.3. The molecule has 0 bridgehead atoms. The maximum absolute atomic E-state index is 14.1. The van der Waals surface area contributed by atoms with Gasteiger partial charge in [0.2, 0.25) is 5.91 Å². The molecule has 2 aromatic rings. The van der Waals surface area contributed by atoms with Crippen molar-refractivity contribution in [1.29, 1.82) is 0 Å². The molecule has 8 heteroatoms. The minimum atomic E-state index is -0.961. The van der Waals surface area contributed by atoms with Gasteiger partial charge in [-0.05, 0) is 43.0 Å². The number of benzene rings is 2. The second kappa shape index (κ2) is 10.2. The van der Waals surface area contributed by atoms with Crippen LogP contribution in [-0.4, -0.2) is 65.0 Å². The SMILES string of the molecule is CN(C[C@@H]1Nc2ccccc2[C@H]2[C@@H]1CCN2C(=O)[C@H]1CCCC[C@H]1NC(=O)c1ccccc1)C(=O)O. The second-order valence-corrected chi connectivity index (χ2v) is 10.3. The van der Waals surface area contributed by atoms with Crippen LogP contribution in [0.4, 0.5) is 10.5 Å². The number of anilines is 1. The summed E-state index contributed by atoms with van der Waals surface area (Å²) in [5, 5.41) is 16.1. The van der Waals surface area contributed by atoms with Crippen LogP contribution in [-0.2, 0) is 4.79 Å². The molecule has 8 nitrogen and oxygen atoms in total. The van der Waals surface area contributed by atoms with E-state index in [1.54, 1.807) is 19.2 Å². The van der Waals surface area contributed by atoms with Gasteiger partial charge in [0.1, 0.15) is 0 Å². The third-order valence-electron chi connectivity index (χ3n) is 8.10. The van der Waals surface area contributed by atoms with Gasteiger partial charge in [-0.3, -0.25) is 9.59 Å². The Morgan fingerprint density at radius 3 is 2.53 bits per heavy atom. The number of amides is 3. The zero-order chi connectivity index (χ0) is 25.2. The molecule has 2 heterocycles. The lowest BCUT2D eigenvalue weighted by molar-refractivity contribution is -0.138. The molecule has 3 N–H and O–H groups in total. The van der Waals surface area contributed by atoms with Gasteiger partial charge >= 0.3 is 6.09 Å².